The zero-order chi connectivity index (χ0) is 27.4. The summed E-state index contributed by atoms with van der Waals surface area (Å²) in [7, 11) is 0. The topological polar surface area (TPSA) is 107 Å². The normalized spacial score (nSPS) is 15.1. The molecule has 7 nitrogen and oxygen atoms in total. The Bertz CT molecular complexity index is 1480. The van der Waals surface area contributed by atoms with Gasteiger partial charge in [-0.2, -0.15) is 5.26 Å². The minimum Gasteiger partial charge on any atom is -0.468 e. The number of nitrogens with one attached hydrogen (secondary N) is 3. The molecule has 1 aliphatic rings. The first-order chi connectivity index (χ1) is 18.2. The number of nitrogens with zero attached hydrogens (tertiary/aromatic N) is 1. The Hall–Kier alpha value is -4.29. The summed E-state index contributed by atoms with van der Waals surface area (Å²) in [6, 6.07) is 15.4. The molecule has 0 radical (unpaired) electrons. The molecule has 38 heavy (non-hydrogen) atoms. The number of hydrogen-bond acceptors (Lipinski definition) is 6. The Morgan fingerprint density at radius 1 is 1.08 bits per heavy atom. The van der Waals surface area contributed by atoms with Gasteiger partial charge in [-0.05, 0) is 63.1 Å². The second-order valence-electron chi connectivity index (χ2n) is 9.01. The van der Waals surface area contributed by atoms with Gasteiger partial charge in [0.05, 0.1) is 45.9 Å². The second-order valence-corrected chi connectivity index (χ2v) is 10.00. The van der Waals surface area contributed by atoms with E-state index in [2.05, 4.69) is 22.0 Å². The maximum absolute atomic E-state index is 14.2. The summed E-state index contributed by atoms with van der Waals surface area (Å²) in [6.07, 6.45) is 1.46. The minimum absolute atomic E-state index is 0.0250. The van der Waals surface area contributed by atoms with Crippen LogP contribution in [0.5, 0.6) is 0 Å². The monoisotopic (exact) mass is 530 g/mol. The summed E-state index contributed by atoms with van der Waals surface area (Å²) in [5.74, 6) is -1.79. The Labute approximate surface area is 224 Å². The van der Waals surface area contributed by atoms with Crippen LogP contribution in [0.2, 0.25) is 0 Å². The Balaban J connectivity index is 1.59. The van der Waals surface area contributed by atoms with Crippen LogP contribution in [0.15, 0.2) is 81.1 Å². The molecule has 194 valence electrons. The number of hydrogen-bond donors (Lipinski definition) is 3. The van der Waals surface area contributed by atoms with Crippen molar-refractivity contribution in [3.8, 4) is 6.07 Å². The quantitative estimate of drug-likeness (QED) is 0.343. The van der Waals surface area contributed by atoms with Gasteiger partial charge in [-0.15, -0.1) is 0 Å². The van der Waals surface area contributed by atoms with E-state index >= 15 is 0 Å². The van der Waals surface area contributed by atoms with Crippen LogP contribution >= 0.6 is 11.8 Å². The highest BCUT2D eigenvalue weighted by Gasteiger charge is 2.36. The average molecular weight is 531 g/mol. The van der Waals surface area contributed by atoms with Crippen molar-refractivity contribution in [1.29, 1.82) is 5.26 Å². The zero-order valence-electron chi connectivity index (χ0n) is 21.4. The van der Waals surface area contributed by atoms with E-state index in [1.165, 1.54) is 24.5 Å². The lowest BCUT2D eigenvalue weighted by Gasteiger charge is -2.28. The minimum atomic E-state index is -0.838. The summed E-state index contributed by atoms with van der Waals surface area (Å²) < 4.78 is 19.8. The van der Waals surface area contributed by atoms with E-state index in [0.29, 0.717) is 16.5 Å². The molecule has 2 aromatic carbocycles. The number of para-hydroxylation sites is 1. The van der Waals surface area contributed by atoms with Crippen LogP contribution in [-0.4, -0.2) is 17.6 Å². The lowest BCUT2D eigenvalue weighted by molar-refractivity contribution is -0.114. The molecule has 0 aliphatic carbocycles. The second kappa shape index (κ2) is 11.4. The maximum Gasteiger partial charge on any atom is 0.254 e. The van der Waals surface area contributed by atoms with E-state index in [9.17, 15) is 19.2 Å². The Kier molecular flexibility index (Phi) is 8.03. The lowest BCUT2D eigenvalue weighted by atomic mass is 9.85. The number of carbonyl (C=O) groups is 2. The molecular formula is C29H27FN4O3S. The molecular weight excluding hydrogens is 503 g/mol. The van der Waals surface area contributed by atoms with Gasteiger partial charge in [0.1, 0.15) is 11.6 Å². The molecule has 0 bridgehead atoms. The standard InChI is InChI=1S/C29H27FN4O3S/c1-16-12-17(2)27(18(3)13-16)34-24(35)15-38-29-20(14-31)26(23-10-7-11-37-23)25(19(4)32-29)28(36)33-22-9-6-5-8-21(22)30/h5-13,26,32H,15H2,1-4H3,(H,33,36)(H,34,35)/t26-/m1/s1. The highest BCUT2D eigenvalue weighted by atomic mass is 32.2. The van der Waals surface area contributed by atoms with E-state index in [4.69, 9.17) is 4.42 Å². The highest BCUT2D eigenvalue weighted by Crippen LogP contribution is 2.41. The SMILES string of the molecule is CC1=C(C(=O)Nc2ccccc2F)[C@@H](c2ccco2)C(C#N)=C(SCC(=O)Nc2c(C)cc(C)cc2C)N1. The van der Waals surface area contributed by atoms with Crippen molar-refractivity contribution in [1.82, 2.24) is 5.32 Å². The molecule has 1 aromatic heterocycles. The maximum atomic E-state index is 14.2. The first kappa shape index (κ1) is 26.8. The van der Waals surface area contributed by atoms with Crippen LogP contribution < -0.4 is 16.0 Å². The van der Waals surface area contributed by atoms with Gasteiger partial charge >= 0.3 is 0 Å². The fourth-order valence-corrected chi connectivity index (χ4v) is 5.40. The van der Waals surface area contributed by atoms with Crippen LogP contribution in [0.4, 0.5) is 15.8 Å². The van der Waals surface area contributed by atoms with E-state index in [0.717, 1.165) is 34.1 Å². The van der Waals surface area contributed by atoms with Crippen molar-refractivity contribution in [2.24, 2.45) is 0 Å². The smallest absolute Gasteiger partial charge is 0.254 e. The van der Waals surface area contributed by atoms with Gasteiger partial charge in [0.2, 0.25) is 5.91 Å². The first-order valence-corrected chi connectivity index (χ1v) is 12.9. The number of anilines is 2. The molecule has 4 rings (SSSR count). The summed E-state index contributed by atoms with van der Waals surface area (Å²) in [5.41, 5.74) is 4.76. The molecule has 0 saturated carbocycles. The van der Waals surface area contributed by atoms with E-state index in [1.54, 1.807) is 25.1 Å². The number of allylic oxidation sites excluding steroid dienone is 2. The van der Waals surface area contributed by atoms with Crippen molar-refractivity contribution >= 4 is 35.0 Å². The van der Waals surface area contributed by atoms with E-state index in [1.807, 2.05) is 32.9 Å². The molecule has 2 heterocycles. The van der Waals surface area contributed by atoms with Gasteiger partial charge in [-0.25, -0.2) is 4.39 Å². The Morgan fingerprint density at radius 2 is 1.79 bits per heavy atom. The molecule has 0 unspecified atom stereocenters. The van der Waals surface area contributed by atoms with E-state index < -0.39 is 17.6 Å². The zero-order valence-corrected chi connectivity index (χ0v) is 22.3. The molecule has 9 heteroatoms. The summed E-state index contributed by atoms with van der Waals surface area (Å²) in [6.45, 7) is 7.58. The average Bonchev–Trinajstić information content (AvgIpc) is 3.40. The van der Waals surface area contributed by atoms with Gasteiger partial charge in [0.15, 0.2) is 0 Å². The number of aryl methyl sites for hydroxylation is 3. The predicted molar refractivity (Wildman–Crippen MR) is 147 cm³/mol. The predicted octanol–water partition coefficient (Wildman–Crippen LogP) is 6.05. The first-order valence-electron chi connectivity index (χ1n) is 11.9. The summed E-state index contributed by atoms with van der Waals surface area (Å²) in [4.78, 5) is 26.2. The number of nitriles is 1. The van der Waals surface area contributed by atoms with Gasteiger partial charge in [-0.1, -0.05) is 41.6 Å². The van der Waals surface area contributed by atoms with Crippen LogP contribution in [-0.2, 0) is 9.59 Å². The molecule has 3 N–H and O–H groups in total. The molecule has 0 spiro atoms. The van der Waals surface area contributed by atoms with Crippen LogP contribution in [0.3, 0.4) is 0 Å². The fourth-order valence-electron chi connectivity index (χ4n) is 4.51. The Morgan fingerprint density at radius 3 is 2.42 bits per heavy atom. The number of carbonyl (C=O) groups excluding carboxylic acids is 2. The van der Waals surface area contributed by atoms with Crippen molar-refractivity contribution in [3.63, 3.8) is 0 Å². The molecule has 1 aliphatic heterocycles. The van der Waals surface area contributed by atoms with Gasteiger partial charge in [0, 0.05) is 11.4 Å². The molecule has 0 fully saturated rings. The van der Waals surface area contributed by atoms with E-state index in [-0.39, 0.29) is 28.5 Å². The number of thioether (sulfide) groups is 1. The van der Waals surface area contributed by atoms with Gasteiger partial charge in [-0.3, -0.25) is 9.59 Å². The number of halogens is 1. The van der Waals surface area contributed by atoms with Crippen molar-refractivity contribution < 1.29 is 18.4 Å². The number of dihydropyridines is 1. The number of furan rings is 1. The van der Waals surface area contributed by atoms with Crippen LogP contribution in [0.1, 0.15) is 35.3 Å². The third-order valence-electron chi connectivity index (χ3n) is 6.13. The van der Waals surface area contributed by atoms with Crippen molar-refractivity contribution in [3.05, 3.63) is 105 Å². The van der Waals surface area contributed by atoms with Crippen molar-refractivity contribution in [2.45, 2.75) is 33.6 Å². The number of amides is 2. The van der Waals surface area contributed by atoms with Gasteiger partial charge in [0.25, 0.3) is 5.91 Å². The molecule has 2 amide bonds. The highest BCUT2D eigenvalue weighted by molar-refractivity contribution is 8.03. The van der Waals surface area contributed by atoms with Crippen molar-refractivity contribution in [2.75, 3.05) is 16.4 Å². The fraction of sp³-hybridized carbons (Fsp3) is 0.207. The third-order valence-corrected chi connectivity index (χ3v) is 7.15. The summed E-state index contributed by atoms with van der Waals surface area (Å²) >= 11 is 1.16. The summed E-state index contributed by atoms with van der Waals surface area (Å²) in [5, 5.41) is 19.3. The number of rotatable bonds is 7. The molecule has 1 atom stereocenters. The van der Waals surface area contributed by atoms with Crippen LogP contribution in [0.25, 0.3) is 0 Å². The number of benzene rings is 2. The van der Waals surface area contributed by atoms with Gasteiger partial charge < -0.3 is 20.4 Å². The lowest BCUT2D eigenvalue weighted by Crippen LogP contribution is -2.31. The van der Waals surface area contributed by atoms with Crippen LogP contribution in [0, 0.1) is 37.9 Å². The third kappa shape index (κ3) is 5.66. The molecule has 3 aromatic rings. The largest absolute Gasteiger partial charge is 0.468 e. The molecule has 0 saturated heterocycles.